The van der Waals surface area contributed by atoms with Gasteiger partial charge in [-0.25, -0.2) is 4.79 Å². The Labute approximate surface area is 162 Å². The third-order valence-electron chi connectivity index (χ3n) is 4.67. The van der Waals surface area contributed by atoms with Crippen LogP contribution in [0.25, 0.3) is 10.9 Å². The van der Waals surface area contributed by atoms with Crippen molar-refractivity contribution in [1.82, 2.24) is 14.3 Å². The smallest absolute Gasteiger partial charge is 0.358 e. The van der Waals surface area contributed by atoms with Crippen molar-refractivity contribution in [3.8, 4) is 5.75 Å². The Bertz CT molecular complexity index is 993. The zero-order valence-corrected chi connectivity index (χ0v) is 16.4. The van der Waals surface area contributed by atoms with Crippen LogP contribution < -0.4 is 4.74 Å². The molecular formula is C19H22ClN3O4. The summed E-state index contributed by atoms with van der Waals surface area (Å²) in [6, 6.07) is 7.36. The molecule has 1 N–H and O–H groups in total. The summed E-state index contributed by atoms with van der Waals surface area (Å²) in [5.41, 5.74) is 3.90. The van der Waals surface area contributed by atoms with Gasteiger partial charge in [0.2, 0.25) is 0 Å². The van der Waals surface area contributed by atoms with E-state index in [0.29, 0.717) is 23.2 Å². The highest BCUT2D eigenvalue weighted by atomic mass is 35.5. The standard InChI is InChI=1S/C19H22ClN3O4/c1-11-7-12(2)23(21-11)9-14(24)10-26-15-5-6-17-16(8-15)18(19(25)27-20)13(3)22(17)4/h5-8,14,24H,9-10H2,1-4H3/t14-/m1/s1. The molecule has 0 saturated carbocycles. The number of hydrogen-bond acceptors (Lipinski definition) is 5. The number of halogens is 1. The number of carbonyl (C=O) groups excluding carboxylic acids is 1. The second kappa shape index (κ2) is 7.62. The number of aryl methyl sites for hydroxylation is 3. The van der Waals surface area contributed by atoms with Gasteiger partial charge >= 0.3 is 5.97 Å². The van der Waals surface area contributed by atoms with E-state index in [-0.39, 0.29) is 6.61 Å². The number of aliphatic hydroxyl groups excluding tert-OH is 1. The molecule has 0 bridgehead atoms. The summed E-state index contributed by atoms with van der Waals surface area (Å²) in [5.74, 6) is -0.0642. The Morgan fingerprint density at radius 1 is 1.30 bits per heavy atom. The summed E-state index contributed by atoms with van der Waals surface area (Å²) in [4.78, 5) is 12.0. The van der Waals surface area contributed by atoms with E-state index in [1.165, 1.54) is 0 Å². The van der Waals surface area contributed by atoms with Crippen LogP contribution in [0.5, 0.6) is 5.75 Å². The second-order valence-corrected chi connectivity index (χ2v) is 6.79. The van der Waals surface area contributed by atoms with E-state index in [1.54, 1.807) is 16.8 Å². The van der Waals surface area contributed by atoms with Gasteiger partial charge in [0, 0.05) is 29.3 Å². The Morgan fingerprint density at radius 2 is 2.04 bits per heavy atom. The highest BCUT2D eigenvalue weighted by Gasteiger charge is 2.20. The molecule has 3 rings (SSSR count). The molecule has 7 nitrogen and oxygen atoms in total. The minimum Gasteiger partial charge on any atom is -0.491 e. The molecule has 8 heteroatoms. The van der Waals surface area contributed by atoms with Gasteiger partial charge in [0.15, 0.2) is 0 Å². The maximum absolute atomic E-state index is 12.0. The second-order valence-electron chi connectivity index (χ2n) is 6.64. The maximum atomic E-state index is 12.0. The lowest BCUT2D eigenvalue weighted by molar-refractivity contribution is 0.0752. The number of aliphatic hydroxyl groups is 1. The van der Waals surface area contributed by atoms with Crippen LogP contribution in [0.1, 0.15) is 27.4 Å². The molecule has 2 heterocycles. The molecule has 0 aliphatic heterocycles. The number of benzene rings is 1. The molecule has 0 unspecified atom stereocenters. The molecule has 1 aromatic carbocycles. The van der Waals surface area contributed by atoms with E-state index in [1.807, 2.05) is 44.5 Å². The highest BCUT2D eigenvalue weighted by Crippen LogP contribution is 2.29. The quantitative estimate of drug-likeness (QED) is 0.698. The molecule has 0 saturated heterocycles. The monoisotopic (exact) mass is 391 g/mol. The average molecular weight is 392 g/mol. The van der Waals surface area contributed by atoms with Crippen LogP contribution in [-0.2, 0) is 17.9 Å². The summed E-state index contributed by atoms with van der Waals surface area (Å²) in [6.07, 6.45) is -0.719. The summed E-state index contributed by atoms with van der Waals surface area (Å²) in [7, 11) is 1.86. The molecule has 0 spiro atoms. The number of ether oxygens (including phenoxy) is 1. The van der Waals surface area contributed by atoms with E-state index in [2.05, 4.69) is 9.39 Å². The molecular weight excluding hydrogens is 370 g/mol. The fourth-order valence-electron chi connectivity index (χ4n) is 3.24. The van der Waals surface area contributed by atoms with Gasteiger partial charge in [-0.15, -0.1) is 0 Å². The predicted molar refractivity (Wildman–Crippen MR) is 102 cm³/mol. The van der Waals surface area contributed by atoms with Gasteiger partial charge in [-0.05, 0) is 45.0 Å². The number of nitrogens with zero attached hydrogens (tertiary/aromatic N) is 3. The normalized spacial score (nSPS) is 12.4. The molecule has 144 valence electrons. The molecule has 27 heavy (non-hydrogen) atoms. The molecule has 3 aromatic rings. The van der Waals surface area contributed by atoms with Crippen molar-refractivity contribution in [2.45, 2.75) is 33.4 Å². The van der Waals surface area contributed by atoms with Crippen molar-refractivity contribution < 1.29 is 18.9 Å². The zero-order valence-electron chi connectivity index (χ0n) is 15.7. The average Bonchev–Trinajstić information content (AvgIpc) is 3.08. The fourth-order valence-corrected chi connectivity index (χ4v) is 3.32. The molecule has 0 fully saturated rings. The number of fused-ring (bicyclic) bond motifs is 1. The van der Waals surface area contributed by atoms with Gasteiger partial charge in [-0.1, -0.05) is 0 Å². The molecule has 0 aliphatic carbocycles. The van der Waals surface area contributed by atoms with Crippen LogP contribution >= 0.6 is 11.9 Å². The third-order valence-corrected chi connectivity index (χ3v) is 4.81. The number of carbonyl (C=O) groups is 1. The lowest BCUT2D eigenvalue weighted by atomic mass is 10.1. The molecule has 0 aliphatic rings. The largest absolute Gasteiger partial charge is 0.491 e. The summed E-state index contributed by atoms with van der Waals surface area (Å²) in [5, 5.41) is 15.3. The van der Waals surface area contributed by atoms with E-state index >= 15 is 0 Å². The minimum atomic E-state index is -0.719. The lowest BCUT2D eigenvalue weighted by Crippen LogP contribution is -2.24. The zero-order chi connectivity index (χ0) is 19.7. The van der Waals surface area contributed by atoms with Crippen LogP contribution in [0, 0.1) is 20.8 Å². The summed E-state index contributed by atoms with van der Waals surface area (Å²) in [6.45, 7) is 6.12. The van der Waals surface area contributed by atoms with Crippen molar-refractivity contribution in [2.75, 3.05) is 6.61 Å². The first-order valence-electron chi connectivity index (χ1n) is 8.55. The van der Waals surface area contributed by atoms with Gasteiger partial charge < -0.3 is 18.7 Å². The molecule has 2 aromatic heterocycles. The van der Waals surface area contributed by atoms with Crippen molar-refractivity contribution in [3.05, 3.63) is 46.9 Å². The molecule has 0 amide bonds. The fraction of sp³-hybridized carbons (Fsp3) is 0.368. The van der Waals surface area contributed by atoms with Gasteiger partial charge in [0.1, 0.15) is 30.3 Å². The predicted octanol–water partition coefficient (Wildman–Crippen LogP) is 3.05. The van der Waals surface area contributed by atoms with E-state index in [4.69, 9.17) is 16.6 Å². The maximum Gasteiger partial charge on any atom is 0.358 e. The number of aromatic nitrogens is 3. The van der Waals surface area contributed by atoms with Crippen molar-refractivity contribution in [2.24, 2.45) is 7.05 Å². The topological polar surface area (TPSA) is 78.5 Å². The van der Waals surface area contributed by atoms with Gasteiger partial charge in [0.25, 0.3) is 0 Å². The van der Waals surface area contributed by atoms with Crippen LogP contribution in [0.4, 0.5) is 0 Å². The number of hydrogen-bond donors (Lipinski definition) is 1. The molecule has 0 radical (unpaired) electrons. The first-order chi connectivity index (χ1) is 12.8. The number of rotatable bonds is 6. The van der Waals surface area contributed by atoms with E-state index in [0.717, 1.165) is 22.6 Å². The first kappa shape index (κ1) is 19.3. The van der Waals surface area contributed by atoms with Crippen LogP contribution in [0.3, 0.4) is 0 Å². The van der Waals surface area contributed by atoms with Crippen LogP contribution in [0.15, 0.2) is 24.3 Å². The Morgan fingerprint density at radius 3 is 2.67 bits per heavy atom. The van der Waals surface area contributed by atoms with E-state index in [9.17, 15) is 9.90 Å². The van der Waals surface area contributed by atoms with Crippen LogP contribution in [0.2, 0.25) is 0 Å². The van der Waals surface area contributed by atoms with Crippen molar-refractivity contribution in [3.63, 3.8) is 0 Å². The summed E-state index contributed by atoms with van der Waals surface area (Å²) >= 11 is 5.27. The lowest BCUT2D eigenvalue weighted by Gasteiger charge is -2.14. The SMILES string of the molecule is Cc1cc(C)n(C[C@@H](O)COc2ccc3c(c2)c(C(=O)OCl)c(C)n3C)n1. The highest BCUT2D eigenvalue weighted by molar-refractivity contribution is 6.18. The van der Waals surface area contributed by atoms with Crippen molar-refractivity contribution >= 4 is 28.7 Å². The third kappa shape index (κ3) is 3.79. The van der Waals surface area contributed by atoms with Gasteiger partial charge in [-0.3, -0.25) is 4.68 Å². The Kier molecular flexibility index (Phi) is 5.43. The van der Waals surface area contributed by atoms with Crippen LogP contribution in [-0.4, -0.2) is 38.1 Å². The minimum absolute atomic E-state index is 0.102. The van der Waals surface area contributed by atoms with Crippen molar-refractivity contribution in [1.29, 1.82) is 0 Å². The summed E-state index contributed by atoms with van der Waals surface area (Å²) < 4.78 is 13.8. The van der Waals surface area contributed by atoms with Gasteiger partial charge in [0.05, 0.1) is 17.8 Å². The van der Waals surface area contributed by atoms with E-state index < -0.39 is 12.1 Å². The first-order valence-corrected chi connectivity index (χ1v) is 8.86. The Hall–Kier alpha value is -2.51. The molecule has 1 atom stereocenters. The Balaban J connectivity index is 1.77. The van der Waals surface area contributed by atoms with Gasteiger partial charge in [-0.2, -0.15) is 5.10 Å².